The first-order valence-electron chi connectivity index (χ1n) is 6.22. The van der Waals surface area contributed by atoms with Gasteiger partial charge in [0.25, 0.3) is 0 Å². The lowest BCUT2D eigenvalue weighted by molar-refractivity contribution is 0.227. The van der Waals surface area contributed by atoms with Crippen molar-refractivity contribution in [1.29, 1.82) is 0 Å². The van der Waals surface area contributed by atoms with Crippen LogP contribution in [-0.2, 0) is 13.1 Å². The van der Waals surface area contributed by atoms with Gasteiger partial charge in [0, 0.05) is 25.6 Å². The van der Waals surface area contributed by atoms with E-state index < -0.39 is 0 Å². The van der Waals surface area contributed by atoms with Crippen LogP contribution in [0.1, 0.15) is 31.8 Å². The molecule has 0 amide bonds. The van der Waals surface area contributed by atoms with E-state index in [0.29, 0.717) is 0 Å². The van der Waals surface area contributed by atoms with E-state index in [2.05, 4.69) is 33.2 Å². The fourth-order valence-electron chi connectivity index (χ4n) is 1.98. The highest BCUT2D eigenvalue weighted by Gasteiger charge is 2.17. The average Bonchev–Trinajstić information content (AvgIpc) is 2.71. The number of hydrogen-bond acceptors (Lipinski definition) is 3. The predicted molar refractivity (Wildman–Crippen MR) is 90.1 cm³/mol. The molecule has 1 aliphatic heterocycles. The molecule has 0 unspecified atom stereocenters. The molecule has 1 aliphatic rings. The summed E-state index contributed by atoms with van der Waals surface area (Å²) in [7, 11) is 0. The molecule has 0 spiro atoms. The second-order valence-corrected chi connectivity index (χ2v) is 4.56. The van der Waals surface area contributed by atoms with Gasteiger partial charge in [-0.15, -0.1) is 37.2 Å². The molecule has 2 N–H and O–H groups in total. The van der Waals surface area contributed by atoms with Crippen molar-refractivity contribution in [3.8, 4) is 11.8 Å². The first-order valence-corrected chi connectivity index (χ1v) is 6.22. The van der Waals surface area contributed by atoms with Gasteiger partial charge in [-0.3, -0.25) is 4.90 Å². The number of rotatable bonds is 2. The van der Waals surface area contributed by atoms with E-state index in [1.54, 1.807) is 0 Å². The molecule has 1 atom stereocenters. The molecule has 0 bridgehead atoms. The number of hydrogen-bond donors (Lipinski definition) is 1. The quantitative estimate of drug-likeness (QED) is 0.838. The minimum atomic E-state index is 0. The molecule has 7 heteroatoms. The molecule has 20 heavy (non-hydrogen) atoms. The fourth-order valence-corrected chi connectivity index (χ4v) is 1.98. The van der Waals surface area contributed by atoms with Crippen molar-refractivity contribution in [2.75, 3.05) is 13.1 Å². The summed E-state index contributed by atoms with van der Waals surface area (Å²) in [5, 5.41) is 0. The molecular formula is C13H23Cl3N4. The van der Waals surface area contributed by atoms with E-state index in [4.69, 9.17) is 5.73 Å². The maximum absolute atomic E-state index is 5.67. The van der Waals surface area contributed by atoms with Gasteiger partial charge in [0.05, 0.1) is 12.7 Å². The van der Waals surface area contributed by atoms with Gasteiger partial charge in [-0.2, -0.15) is 0 Å². The van der Waals surface area contributed by atoms with Crippen molar-refractivity contribution in [2.24, 2.45) is 5.73 Å². The van der Waals surface area contributed by atoms with Crippen LogP contribution in [0, 0.1) is 11.8 Å². The molecule has 116 valence electrons. The van der Waals surface area contributed by atoms with Crippen molar-refractivity contribution in [2.45, 2.75) is 39.4 Å². The summed E-state index contributed by atoms with van der Waals surface area (Å²) >= 11 is 0. The minimum Gasteiger partial charge on any atom is -0.327 e. The van der Waals surface area contributed by atoms with Crippen LogP contribution in [0.2, 0.25) is 0 Å². The number of aromatic nitrogens is 2. The van der Waals surface area contributed by atoms with Crippen molar-refractivity contribution < 1.29 is 0 Å². The topological polar surface area (TPSA) is 47.1 Å². The highest BCUT2D eigenvalue weighted by atomic mass is 35.5. The van der Waals surface area contributed by atoms with Crippen molar-refractivity contribution in [3.05, 3.63) is 17.7 Å². The van der Waals surface area contributed by atoms with Crippen LogP contribution in [0.5, 0.6) is 0 Å². The van der Waals surface area contributed by atoms with Gasteiger partial charge in [-0.1, -0.05) is 12.8 Å². The largest absolute Gasteiger partial charge is 0.327 e. The number of halogens is 3. The Balaban J connectivity index is 0. The lowest BCUT2D eigenvalue weighted by atomic mass is 10.2. The molecule has 1 aromatic rings. The van der Waals surface area contributed by atoms with Crippen LogP contribution < -0.4 is 5.73 Å². The Kier molecular flexibility index (Phi) is 11.3. The van der Waals surface area contributed by atoms with Crippen molar-refractivity contribution in [1.82, 2.24) is 14.5 Å². The number of fused-ring (bicyclic) bond motifs is 1. The van der Waals surface area contributed by atoms with Gasteiger partial charge < -0.3 is 10.3 Å². The van der Waals surface area contributed by atoms with E-state index in [0.717, 1.165) is 44.1 Å². The second-order valence-electron chi connectivity index (χ2n) is 4.56. The fraction of sp³-hybridized carbons (Fsp3) is 0.615. The summed E-state index contributed by atoms with van der Waals surface area (Å²) in [6, 6.07) is 0.141. The highest BCUT2D eigenvalue weighted by molar-refractivity contribution is 5.86. The molecule has 0 aromatic carbocycles. The van der Waals surface area contributed by atoms with Gasteiger partial charge >= 0.3 is 0 Å². The van der Waals surface area contributed by atoms with E-state index in [9.17, 15) is 0 Å². The first kappa shape index (κ1) is 21.9. The van der Waals surface area contributed by atoms with Gasteiger partial charge in [0.15, 0.2) is 0 Å². The number of nitrogens with two attached hydrogens (primary N) is 1. The smallest absolute Gasteiger partial charge is 0.123 e. The lowest BCUT2D eigenvalue weighted by Gasteiger charge is -2.26. The number of imidazole rings is 1. The minimum absolute atomic E-state index is 0. The third-order valence-corrected chi connectivity index (χ3v) is 3.03. The SMILES string of the molecule is CCN1CCn2c(C#CC[C@H](C)N)cnc2C1.Cl.Cl.Cl. The normalized spacial score (nSPS) is 14.6. The first-order chi connectivity index (χ1) is 8.20. The Bertz CT molecular complexity index is 448. The van der Waals surface area contributed by atoms with Crippen molar-refractivity contribution in [3.63, 3.8) is 0 Å². The van der Waals surface area contributed by atoms with Crippen molar-refractivity contribution >= 4 is 37.2 Å². The zero-order valence-corrected chi connectivity index (χ0v) is 14.3. The molecule has 2 rings (SSSR count). The predicted octanol–water partition coefficient (Wildman–Crippen LogP) is 2.07. The zero-order valence-electron chi connectivity index (χ0n) is 11.8. The summed E-state index contributed by atoms with van der Waals surface area (Å²) in [6.45, 7) is 8.25. The van der Waals surface area contributed by atoms with E-state index in [1.165, 1.54) is 0 Å². The van der Waals surface area contributed by atoms with E-state index in [1.807, 2.05) is 13.1 Å². The molecule has 0 radical (unpaired) electrons. The third kappa shape index (κ3) is 5.51. The van der Waals surface area contributed by atoms with Gasteiger partial charge in [0.2, 0.25) is 0 Å². The molecular weight excluding hydrogens is 319 g/mol. The van der Waals surface area contributed by atoms with Gasteiger partial charge in [0.1, 0.15) is 11.5 Å². The molecule has 2 heterocycles. The lowest BCUT2D eigenvalue weighted by Crippen LogP contribution is -2.33. The third-order valence-electron chi connectivity index (χ3n) is 3.03. The van der Waals surface area contributed by atoms with Crippen LogP contribution in [-0.4, -0.2) is 33.6 Å². The van der Waals surface area contributed by atoms with Gasteiger partial charge in [-0.05, 0) is 19.4 Å². The Morgan fingerprint density at radius 2 is 2.05 bits per heavy atom. The Morgan fingerprint density at radius 1 is 1.35 bits per heavy atom. The molecule has 1 aromatic heterocycles. The monoisotopic (exact) mass is 340 g/mol. The standard InChI is InChI=1S/C13H20N4.3ClH/c1-3-16-7-8-17-12(6-4-5-11(2)14)9-15-13(17)10-16;;;/h9,11H,3,5,7-8,10,14H2,1-2H3;3*1H/t11-;;;/m0.../s1. The number of likely N-dealkylation sites (N-methyl/N-ethyl adjacent to an activating group) is 1. The van der Waals surface area contributed by atoms with Gasteiger partial charge in [-0.25, -0.2) is 4.98 Å². The summed E-state index contributed by atoms with van der Waals surface area (Å²) < 4.78 is 2.22. The van der Waals surface area contributed by atoms with Crippen LogP contribution >= 0.6 is 37.2 Å². The Labute approximate surface area is 139 Å². The summed E-state index contributed by atoms with van der Waals surface area (Å²) in [4.78, 5) is 6.83. The molecule has 0 saturated carbocycles. The molecule has 4 nitrogen and oxygen atoms in total. The Hall–Kier alpha value is -0.440. The summed E-state index contributed by atoms with van der Waals surface area (Å²) in [6.07, 6.45) is 2.62. The van der Waals surface area contributed by atoms with E-state index >= 15 is 0 Å². The second kappa shape index (κ2) is 10.3. The zero-order chi connectivity index (χ0) is 12.3. The highest BCUT2D eigenvalue weighted by Crippen LogP contribution is 2.13. The number of nitrogens with zero attached hydrogens (tertiary/aromatic N) is 3. The maximum Gasteiger partial charge on any atom is 0.123 e. The summed E-state index contributed by atoms with van der Waals surface area (Å²) in [5.74, 6) is 7.41. The van der Waals surface area contributed by atoms with Crippen LogP contribution in [0.3, 0.4) is 0 Å². The molecule has 0 fully saturated rings. The van der Waals surface area contributed by atoms with E-state index in [-0.39, 0.29) is 43.3 Å². The van der Waals surface area contributed by atoms with Crippen LogP contribution in [0.25, 0.3) is 0 Å². The molecule has 0 aliphatic carbocycles. The maximum atomic E-state index is 5.67. The Morgan fingerprint density at radius 3 is 2.65 bits per heavy atom. The van der Waals surface area contributed by atoms with Crippen LogP contribution in [0.4, 0.5) is 0 Å². The van der Waals surface area contributed by atoms with Crippen LogP contribution in [0.15, 0.2) is 6.20 Å². The summed E-state index contributed by atoms with van der Waals surface area (Å²) in [5.41, 5.74) is 6.70. The molecule has 0 saturated heterocycles. The average molecular weight is 342 g/mol.